The second-order valence-electron chi connectivity index (χ2n) is 16.7. The summed E-state index contributed by atoms with van der Waals surface area (Å²) in [5.41, 5.74) is 8.46. The van der Waals surface area contributed by atoms with Gasteiger partial charge in [-0.3, -0.25) is 9.59 Å². The lowest BCUT2D eigenvalue weighted by molar-refractivity contribution is -0.374. The Kier molecular flexibility index (Phi) is 20.5. The molecule has 0 saturated carbocycles. The van der Waals surface area contributed by atoms with Gasteiger partial charge in [-0.05, 0) is 12.0 Å². The highest BCUT2D eigenvalue weighted by Crippen LogP contribution is 2.36. The molecule has 5 aliphatic rings. The number of nitrogens with zero attached hydrogens (tertiary/aromatic N) is 3. The van der Waals surface area contributed by atoms with Crippen LogP contribution in [0.25, 0.3) is 10.4 Å². The standard InChI is InChI=1S/C37H57N5O29/c1-8(45)40-12-23(65-36-20(53)16(49)17(50)27(69-36)30(56)57)14(47)10(6-43)64-34(12)68-26-19(52)22(55)37(71-29(26)32(60)61)66-24-13(41-9(2)46)33(63-11(7-44)15(24)48)67-25-18(51)21(54)35(70-28(25)31(58)59)62-5-3-4-39-42-38/h10-29,33-37,43-44,47-55H,3-7H2,1-2H3,(H,40,45)(H,41,46)(H,56,57)(H,58,59)(H,60,61)/t10-,11-,12-,13-,14-,15-,16+,17+,18-,19-,20-,21-,22-,23-,24-,25+,26+,27+,28+,29+,33+,34+,35-,36-,37-/m1/s1. The van der Waals surface area contributed by atoms with Crippen LogP contribution < -0.4 is 10.6 Å². The second kappa shape index (κ2) is 25.2. The Morgan fingerprint density at radius 2 is 0.887 bits per heavy atom. The Morgan fingerprint density at radius 3 is 1.28 bits per heavy atom. The molecule has 0 aliphatic carbocycles. The van der Waals surface area contributed by atoms with Crippen molar-refractivity contribution in [3.05, 3.63) is 10.4 Å². The number of ether oxygens (including phenoxy) is 10. The van der Waals surface area contributed by atoms with Crippen molar-refractivity contribution in [2.75, 3.05) is 26.4 Å². The topological polar surface area (TPSA) is 534 Å². The van der Waals surface area contributed by atoms with Crippen molar-refractivity contribution in [2.45, 2.75) is 174 Å². The zero-order chi connectivity index (χ0) is 52.8. The highest BCUT2D eigenvalue weighted by atomic mass is 16.8. The summed E-state index contributed by atoms with van der Waals surface area (Å²) in [6.07, 6.45) is -49.3. The van der Waals surface area contributed by atoms with Crippen molar-refractivity contribution in [3.8, 4) is 0 Å². The molecule has 2 amide bonds. The van der Waals surface area contributed by atoms with Crippen LogP contribution in [0.2, 0.25) is 0 Å². The van der Waals surface area contributed by atoms with Crippen molar-refractivity contribution in [2.24, 2.45) is 5.11 Å². The SMILES string of the molecule is CC(=O)N[C@H]1[C@H](O[C@H]2[C@H](O)[C@@H](O)[C@H](O[C@H]3[C@H](O)[C@@H](CO)O[C@@H](O[C@H]4[C@H](O)[C@@H](O)[C@H](OCCCN=[N+]=[N-])O[C@@H]4C(=O)O)[C@@H]3NC(C)=O)O[C@@H]2C(=O)O)O[C@H](CO)[C@@H](O)[C@@H]1O[C@@H]1O[C@H](C(=O)O)[C@@H](O)[C@H](O)[C@H]1O. The quantitative estimate of drug-likeness (QED) is 0.0233. The number of amides is 2. The lowest BCUT2D eigenvalue weighted by Crippen LogP contribution is -2.71. The zero-order valence-electron chi connectivity index (χ0n) is 37.2. The van der Waals surface area contributed by atoms with Gasteiger partial charge in [0.1, 0.15) is 104 Å². The first-order valence-electron chi connectivity index (χ1n) is 21.6. The molecule has 0 aromatic carbocycles. The summed E-state index contributed by atoms with van der Waals surface area (Å²) in [7, 11) is 0. The summed E-state index contributed by atoms with van der Waals surface area (Å²) < 4.78 is 55.6. The molecule has 5 aliphatic heterocycles. The fourth-order valence-corrected chi connectivity index (χ4v) is 8.26. The van der Waals surface area contributed by atoms with Gasteiger partial charge < -0.3 is 129 Å². The lowest BCUT2D eigenvalue weighted by atomic mass is 9.93. The van der Waals surface area contributed by atoms with Gasteiger partial charge >= 0.3 is 17.9 Å². The van der Waals surface area contributed by atoms with E-state index >= 15 is 0 Å². The fourth-order valence-electron chi connectivity index (χ4n) is 8.26. The molecule has 34 nitrogen and oxygen atoms in total. The molecule has 0 aromatic heterocycles. The van der Waals surface area contributed by atoms with Crippen LogP contribution in [0.1, 0.15) is 20.3 Å². The number of aliphatic hydroxyl groups is 11. The molecule has 34 heteroatoms. The summed E-state index contributed by atoms with van der Waals surface area (Å²) >= 11 is 0. The normalized spacial score (nSPS) is 43.9. The third-order valence-corrected chi connectivity index (χ3v) is 11.7. The molecule has 5 heterocycles. The fraction of sp³-hybridized carbons (Fsp3) is 0.865. The highest BCUT2D eigenvalue weighted by molar-refractivity contribution is 5.75. The largest absolute Gasteiger partial charge is 0.479 e. The molecule has 16 N–H and O–H groups in total. The zero-order valence-corrected chi connectivity index (χ0v) is 37.2. The van der Waals surface area contributed by atoms with Gasteiger partial charge in [-0.15, -0.1) is 0 Å². The van der Waals surface area contributed by atoms with Crippen molar-refractivity contribution in [1.29, 1.82) is 0 Å². The molecular weight excluding hydrogens is 978 g/mol. The first-order valence-corrected chi connectivity index (χ1v) is 21.6. The predicted octanol–water partition coefficient (Wildman–Crippen LogP) is -9.64. The van der Waals surface area contributed by atoms with Crippen LogP contribution in [-0.4, -0.2) is 281 Å². The van der Waals surface area contributed by atoms with Gasteiger partial charge in [0, 0.05) is 31.9 Å². The Labute approximate surface area is 398 Å². The minimum Gasteiger partial charge on any atom is -0.479 e. The van der Waals surface area contributed by atoms with Crippen LogP contribution in [0.4, 0.5) is 0 Å². The third kappa shape index (κ3) is 13.1. The van der Waals surface area contributed by atoms with Crippen LogP contribution in [0.15, 0.2) is 5.11 Å². The molecule has 0 bridgehead atoms. The molecule has 0 radical (unpaired) electrons. The first-order chi connectivity index (χ1) is 33.5. The molecule has 5 fully saturated rings. The van der Waals surface area contributed by atoms with Gasteiger partial charge in [0.2, 0.25) is 11.8 Å². The smallest absolute Gasteiger partial charge is 0.335 e. The van der Waals surface area contributed by atoms with Gasteiger partial charge in [0.05, 0.1) is 13.2 Å². The lowest BCUT2D eigenvalue weighted by Gasteiger charge is -2.50. The number of aliphatic carboxylic acids is 3. The van der Waals surface area contributed by atoms with Crippen molar-refractivity contribution in [3.63, 3.8) is 0 Å². The van der Waals surface area contributed by atoms with Crippen molar-refractivity contribution in [1.82, 2.24) is 10.6 Å². The second-order valence-corrected chi connectivity index (χ2v) is 16.7. The summed E-state index contributed by atoms with van der Waals surface area (Å²) in [6.45, 7) is -0.610. The number of nitrogens with one attached hydrogen (secondary N) is 2. The molecule has 5 rings (SSSR count). The number of azide groups is 1. The van der Waals surface area contributed by atoms with Crippen LogP contribution in [-0.2, 0) is 71.3 Å². The molecular formula is C37H57N5O29. The van der Waals surface area contributed by atoms with Crippen LogP contribution >= 0.6 is 0 Å². The van der Waals surface area contributed by atoms with Gasteiger partial charge in [0.15, 0.2) is 49.8 Å². The average molecular weight is 1040 g/mol. The maximum Gasteiger partial charge on any atom is 0.335 e. The van der Waals surface area contributed by atoms with Crippen molar-refractivity contribution < 1.29 is 143 Å². The Morgan fingerprint density at radius 1 is 0.507 bits per heavy atom. The van der Waals surface area contributed by atoms with Crippen LogP contribution in [0.3, 0.4) is 0 Å². The van der Waals surface area contributed by atoms with E-state index in [-0.39, 0.29) is 19.6 Å². The van der Waals surface area contributed by atoms with Crippen LogP contribution in [0.5, 0.6) is 0 Å². The number of hydrogen-bond acceptors (Lipinski definition) is 27. The molecule has 404 valence electrons. The third-order valence-electron chi connectivity index (χ3n) is 11.7. The molecule has 0 unspecified atom stereocenters. The minimum absolute atomic E-state index is 0.0525. The van der Waals surface area contributed by atoms with Gasteiger partial charge in [-0.1, -0.05) is 5.11 Å². The van der Waals surface area contributed by atoms with E-state index in [1.165, 1.54) is 0 Å². The van der Waals surface area contributed by atoms with E-state index in [1.807, 2.05) is 0 Å². The van der Waals surface area contributed by atoms with E-state index in [1.54, 1.807) is 0 Å². The average Bonchev–Trinajstić information content (AvgIpc) is 3.30. The van der Waals surface area contributed by atoms with E-state index in [0.29, 0.717) is 0 Å². The number of carboxylic acid groups (broad SMARTS) is 3. The van der Waals surface area contributed by atoms with Crippen LogP contribution in [0, 0.1) is 0 Å². The summed E-state index contributed by atoms with van der Waals surface area (Å²) in [4.78, 5) is 64.6. The summed E-state index contributed by atoms with van der Waals surface area (Å²) in [5.74, 6) is -7.46. The van der Waals surface area contributed by atoms with Gasteiger partial charge in [0.25, 0.3) is 0 Å². The molecule has 0 aromatic rings. The summed E-state index contributed by atoms with van der Waals surface area (Å²) in [5, 5.41) is 157. The van der Waals surface area contributed by atoms with E-state index in [9.17, 15) is 95.5 Å². The number of rotatable bonds is 20. The molecule has 71 heavy (non-hydrogen) atoms. The molecule has 5 saturated heterocycles. The van der Waals surface area contributed by atoms with Gasteiger partial charge in [-0.2, -0.15) is 0 Å². The van der Waals surface area contributed by atoms with E-state index in [2.05, 4.69) is 20.7 Å². The molecule has 25 atom stereocenters. The number of carbonyl (C=O) groups excluding carboxylic acids is 2. The number of carbonyl (C=O) groups is 5. The highest BCUT2D eigenvalue weighted by Gasteiger charge is 2.59. The number of aliphatic hydroxyl groups excluding tert-OH is 11. The summed E-state index contributed by atoms with van der Waals surface area (Å²) in [6, 6.07) is -3.79. The number of hydrogen-bond donors (Lipinski definition) is 16. The molecule has 0 spiro atoms. The monoisotopic (exact) mass is 1040 g/mol. The number of carboxylic acids is 3. The Bertz CT molecular complexity index is 1890. The maximum atomic E-state index is 12.8. The predicted molar refractivity (Wildman–Crippen MR) is 214 cm³/mol. The Hall–Kier alpha value is -4.18. The van der Waals surface area contributed by atoms with Crippen molar-refractivity contribution >= 4 is 29.7 Å². The van der Waals surface area contributed by atoms with Gasteiger partial charge in [-0.25, -0.2) is 14.4 Å². The van der Waals surface area contributed by atoms with E-state index in [0.717, 1.165) is 13.8 Å². The van der Waals surface area contributed by atoms with E-state index < -0.39 is 196 Å². The van der Waals surface area contributed by atoms with E-state index in [4.69, 9.17) is 52.9 Å². The Balaban J connectivity index is 1.40. The maximum absolute atomic E-state index is 12.8. The minimum atomic E-state index is -2.47. The first kappa shape index (κ1) is 57.7.